The summed E-state index contributed by atoms with van der Waals surface area (Å²) < 4.78 is 1.22. The molecule has 2 nitrogen and oxygen atoms in total. The van der Waals surface area contributed by atoms with Gasteiger partial charge in [0.05, 0.1) is 4.88 Å². The lowest BCUT2D eigenvalue weighted by Gasteiger charge is -2.30. The summed E-state index contributed by atoms with van der Waals surface area (Å²) in [6.07, 6.45) is 2.27. The SMILES string of the molecule is Cc1c(C(=O)N2CCC(C)CC2)sc2ccccc12. The van der Waals surface area contributed by atoms with Crippen LogP contribution in [0.3, 0.4) is 0 Å². The molecular weight excluding hydrogens is 254 g/mol. The maximum Gasteiger partial charge on any atom is 0.264 e. The molecule has 0 unspecified atom stereocenters. The minimum atomic E-state index is 0.227. The van der Waals surface area contributed by atoms with Crippen LogP contribution in [0.2, 0.25) is 0 Å². The molecule has 1 amide bonds. The summed E-state index contributed by atoms with van der Waals surface area (Å²) in [5.74, 6) is 0.984. The van der Waals surface area contributed by atoms with Gasteiger partial charge in [-0.2, -0.15) is 0 Å². The van der Waals surface area contributed by atoms with Crippen molar-refractivity contribution in [1.82, 2.24) is 4.90 Å². The topological polar surface area (TPSA) is 20.3 Å². The summed E-state index contributed by atoms with van der Waals surface area (Å²) in [6, 6.07) is 8.28. The lowest BCUT2D eigenvalue weighted by Crippen LogP contribution is -2.37. The van der Waals surface area contributed by atoms with E-state index in [0.29, 0.717) is 0 Å². The lowest BCUT2D eigenvalue weighted by molar-refractivity contribution is 0.0701. The van der Waals surface area contributed by atoms with Crippen molar-refractivity contribution in [2.75, 3.05) is 13.1 Å². The van der Waals surface area contributed by atoms with Crippen LogP contribution in [-0.4, -0.2) is 23.9 Å². The normalized spacial score (nSPS) is 17.1. The molecule has 19 heavy (non-hydrogen) atoms. The number of carbonyl (C=O) groups excluding carboxylic acids is 1. The molecule has 1 saturated heterocycles. The van der Waals surface area contributed by atoms with Crippen molar-refractivity contribution in [2.24, 2.45) is 5.92 Å². The zero-order valence-corrected chi connectivity index (χ0v) is 12.3. The Morgan fingerprint density at radius 2 is 1.95 bits per heavy atom. The van der Waals surface area contributed by atoms with Crippen LogP contribution in [-0.2, 0) is 0 Å². The second-order valence-corrected chi connectivity index (χ2v) is 6.58. The van der Waals surface area contributed by atoms with E-state index in [1.807, 2.05) is 17.0 Å². The van der Waals surface area contributed by atoms with Crippen molar-refractivity contribution in [3.63, 3.8) is 0 Å². The van der Waals surface area contributed by atoms with Gasteiger partial charge in [-0.25, -0.2) is 0 Å². The molecule has 0 aliphatic carbocycles. The Labute approximate surface area is 118 Å². The monoisotopic (exact) mass is 273 g/mol. The molecule has 0 spiro atoms. The summed E-state index contributed by atoms with van der Waals surface area (Å²) in [7, 11) is 0. The first-order chi connectivity index (χ1) is 9.16. The summed E-state index contributed by atoms with van der Waals surface area (Å²) in [5.41, 5.74) is 1.14. The molecule has 2 aromatic rings. The van der Waals surface area contributed by atoms with Crippen LogP contribution in [0.1, 0.15) is 35.0 Å². The molecule has 0 atom stereocenters. The van der Waals surface area contributed by atoms with Crippen LogP contribution >= 0.6 is 11.3 Å². The summed E-state index contributed by atoms with van der Waals surface area (Å²) >= 11 is 1.64. The molecule has 1 aliphatic heterocycles. The van der Waals surface area contributed by atoms with Crippen molar-refractivity contribution >= 4 is 27.3 Å². The molecule has 100 valence electrons. The molecule has 3 heteroatoms. The van der Waals surface area contributed by atoms with Gasteiger partial charge in [-0.3, -0.25) is 4.79 Å². The minimum Gasteiger partial charge on any atom is -0.338 e. The third-order valence-corrected chi connectivity index (χ3v) is 5.37. The van der Waals surface area contributed by atoms with E-state index in [2.05, 4.69) is 26.0 Å². The van der Waals surface area contributed by atoms with Crippen LogP contribution in [0.25, 0.3) is 10.1 Å². The van der Waals surface area contributed by atoms with Crippen LogP contribution in [0.5, 0.6) is 0 Å². The number of piperidine rings is 1. The highest BCUT2D eigenvalue weighted by Crippen LogP contribution is 2.32. The van der Waals surface area contributed by atoms with Gasteiger partial charge in [0, 0.05) is 17.8 Å². The number of benzene rings is 1. The van der Waals surface area contributed by atoms with E-state index in [0.717, 1.165) is 42.3 Å². The first kappa shape index (κ1) is 12.7. The highest BCUT2D eigenvalue weighted by Gasteiger charge is 2.24. The Bertz CT molecular complexity index is 608. The molecule has 0 N–H and O–H groups in total. The second kappa shape index (κ2) is 4.97. The molecule has 0 bridgehead atoms. The predicted molar refractivity (Wildman–Crippen MR) is 80.9 cm³/mol. The number of likely N-dealkylation sites (tertiary alicyclic amines) is 1. The maximum atomic E-state index is 12.6. The fourth-order valence-electron chi connectivity index (χ4n) is 2.73. The van der Waals surface area contributed by atoms with Gasteiger partial charge in [0.1, 0.15) is 0 Å². The first-order valence-corrected chi connectivity index (χ1v) is 7.76. The number of nitrogens with zero attached hydrogens (tertiary/aromatic N) is 1. The van der Waals surface area contributed by atoms with Crippen LogP contribution in [0.15, 0.2) is 24.3 Å². The third-order valence-electron chi connectivity index (χ3n) is 4.11. The number of hydrogen-bond donors (Lipinski definition) is 0. The van der Waals surface area contributed by atoms with Crippen LogP contribution < -0.4 is 0 Å². The van der Waals surface area contributed by atoms with Crippen LogP contribution in [0, 0.1) is 12.8 Å². The Morgan fingerprint density at radius 3 is 2.63 bits per heavy atom. The largest absolute Gasteiger partial charge is 0.338 e. The van der Waals surface area contributed by atoms with Gasteiger partial charge in [-0.1, -0.05) is 25.1 Å². The number of hydrogen-bond acceptors (Lipinski definition) is 2. The Morgan fingerprint density at radius 1 is 1.26 bits per heavy atom. The van der Waals surface area contributed by atoms with E-state index in [4.69, 9.17) is 0 Å². The Balaban J connectivity index is 1.91. The number of amides is 1. The minimum absolute atomic E-state index is 0.227. The fraction of sp³-hybridized carbons (Fsp3) is 0.438. The molecule has 1 aromatic heterocycles. The zero-order chi connectivity index (χ0) is 13.4. The molecule has 0 radical (unpaired) electrons. The van der Waals surface area contributed by atoms with Gasteiger partial charge in [-0.05, 0) is 42.7 Å². The second-order valence-electron chi connectivity index (χ2n) is 5.53. The number of carbonyl (C=O) groups is 1. The van der Waals surface area contributed by atoms with E-state index in [1.165, 1.54) is 10.1 Å². The summed E-state index contributed by atoms with van der Waals surface area (Å²) in [4.78, 5) is 15.6. The van der Waals surface area contributed by atoms with Gasteiger partial charge in [0.25, 0.3) is 5.91 Å². The lowest BCUT2D eigenvalue weighted by atomic mass is 9.99. The Kier molecular flexibility index (Phi) is 3.31. The van der Waals surface area contributed by atoms with E-state index in [1.54, 1.807) is 11.3 Å². The Hall–Kier alpha value is -1.35. The van der Waals surface area contributed by atoms with Gasteiger partial charge in [-0.15, -0.1) is 11.3 Å². The molecule has 1 fully saturated rings. The summed E-state index contributed by atoms with van der Waals surface area (Å²) in [6.45, 7) is 6.16. The van der Waals surface area contributed by atoms with Gasteiger partial charge < -0.3 is 4.90 Å². The van der Waals surface area contributed by atoms with E-state index in [-0.39, 0.29) is 5.91 Å². The highest BCUT2D eigenvalue weighted by atomic mass is 32.1. The van der Waals surface area contributed by atoms with Crippen LogP contribution in [0.4, 0.5) is 0 Å². The molecule has 2 heterocycles. The first-order valence-electron chi connectivity index (χ1n) is 6.94. The quantitative estimate of drug-likeness (QED) is 0.766. The van der Waals surface area contributed by atoms with E-state index >= 15 is 0 Å². The maximum absolute atomic E-state index is 12.6. The smallest absolute Gasteiger partial charge is 0.264 e. The van der Waals surface area contributed by atoms with Crippen molar-refractivity contribution in [3.05, 3.63) is 34.7 Å². The molecule has 1 aliphatic rings. The molecule has 1 aromatic carbocycles. The van der Waals surface area contributed by atoms with Gasteiger partial charge >= 0.3 is 0 Å². The summed E-state index contributed by atoms with van der Waals surface area (Å²) in [5, 5.41) is 1.22. The van der Waals surface area contributed by atoms with Gasteiger partial charge in [0.2, 0.25) is 0 Å². The van der Waals surface area contributed by atoms with Gasteiger partial charge in [0.15, 0.2) is 0 Å². The zero-order valence-electron chi connectivity index (χ0n) is 11.5. The van der Waals surface area contributed by atoms with Crippen molar-refractivity contribution in [3.8, 4) is 0 Å². The fourth-order valence-corrected chi connectivity index (χ4v) is 3.91. The number of aryl methyl sites for hydroxylation is 1. The predicted octanol–water partition coefficient (Wildman–Crippen LogP) is 4.08. The van der Waals surface area contributed by atoms with E-state index in [9.17, 15) is 4.79 Å². The number of rotatable bonds is 1. The standard InChI is InChI=1S/C16H19NOS/c1-11-7-9-17(10-8-11)16(18)15-12(2)13-5-3-4-6-14(13)19-15/h3-6,11H,7-10H2,1-2H3. The van der Waals surface area contributed by atoms with E-state index < -0.39 is 0 Å². The third kappa shape index (κ3) is 2.27. The molecular formula is C16H19NOS. The molecule has 0 saturated carbocycles. The van der Waals surface area contributed by atoms with Crippen molar-refractivity contribution in [1.29, 1.82) is 0 Å². The van der Waals surface area contributed by atoms with Crippen molar-refractivity contribution < 1.29 is 4.79 Å². The number of fused-ring (bicyclic) bond motifs is 1. The average molecular weight is 273 g/mol. The average Bonchev–Trinajstić information content (AvgIpc) is 2.77. The number of thiophene rings is 1. The highest BCUT2D eigenvalue weighted by molar-refractivity contribution is 7.21. The molecule has 3 rings (SSSR count). The van der Waals surface area contributed by atoms with Crippen molar-refractivity contribution in [2.45, 2.75) is 26.7 Å².